The van der Waals surface area contributed by atoms with Gasteiger partial charge in [0.2, 0.25) is 0 Å². The summed E-state index contributed by atoms with van der Waals surface area (Å²) in [6.07, 6.45) is 0. The van der Waals surface area contributed by atoms with Gasteiger partial charge in [0.1, 0.15) is 11.2 Å². The number of hydrogen-bond acceptors (Lipinski definition) is 2. The van der Waals surface area contributed by atoms with E-state index in [1.54, 1.807) is 0 Å². The Morgan fingerprint density at radius 3 is 2.10 bits per heavy atom. The lowest BCUT2D eigenvalue weighted by atomic mass is 10.0. The quantitative estimate of drug-likeness (QED) is 0.332. The molecule has 142 valence electrons. The standard InChI is InChI=1S/C28H19NO/c1-2-10-22(11-3-1)29-26-13-7-6-12-23(26)21-14-15-24-25-16-19-8-4-5-9-20(19)17-28(25)30-27(24)18-21/h1-18,29H. The molecule has 2 nitrogen and oxygen atoms in total. The summed E-state index contributed by atoms with van der Waals surface area (Å²) in [5.74, 6) is 0. The number of para-hydroxylation sites is 2. The summed E-state index contributed by atoms with van der Waals surface area (Å²) >= 11 is 0. The van der Waals surface area contributed by atoms with Crippen LogP contribution in [0.25, 0.3) is 43.8 Å². The van der Waals surface area contributed by atoms with Crippen molar-refractivity contribution in [3.05, 3.63) is 109 Å². The summed E-state index contributed by atoms with van der Waals surface area (Å²) in [4.78, 5) is 0. The predicted molar refractivity (Wildman–Crippen MR) is 126 cm³/mol. The molecule has 0 saturated carbocycles. The van der Waals surface area contributed by atoms with Gasteiger partial charge in [0.25, 0.3) is 0 Å². The molecule has 0 amide bonds. The van der Waals surface area contributed by atoms with Crippen LogP contribution in [0, 0.1) is 0 Å². The monoisotopic (exact) mass is 385 g/mol. The van der Waals surface area contributed by atoms with Crippen molar-refractivity contribution >= 4 is 44.1 Å². The first kappa shape index (κ1) is 16.9. The summed E-state index contributed by atoms with van der Waals surface area (Å²) in [6.45, 7) is 0. The molecule has 0 aliphatic carbocycles. The minimum absolute atomic E-state index is 0.910. The van der Waals surface area contributed by atoms with Gasteiger partial charge in [-0.15, -0.1) is 0 Å². The van der Waals surface area contributed by atoms with Crippen molar-refractivity contribution in [2.45, 2.75) is 0 Å². The predicted octanol–water partition coefficient (Wildman–Crippen LogP) is 8.15. The van der Waals surface area contributed by atoms with Crippen molar-refractivity contribution in [2.75, 3.05) is 5.32 Å². The zero-order valence-corrected chi connectivity index (χ0v) is 16.3. The van der Waals surface area contributed by atoms with E-state index in [0.29, 0.717) is 0 Å². The molecule has 0 aliphatic heterocycles. The van der Waals surface area contributed by atoms with Crippen LogP contribution >= 0.6 is 0 Å². The number of nitrogens with one attached hydrogen (secondary N) is 1. The van der Waals surface area contributed by atoms with Gasteiger partial charge in [-0.1, -0.05) is 66.7 Å². The van der Waals surface area contributed by atoms with Gasteiger partial charge in [0.15, 0.2) is 0 Å². The number of anilines is 2. The Balaban J connectivity index is 1.49. The molecule has 6 rings (SSSR count). The molecule has 5 aromatic carbocycles. The van der Waals surface area contributed by atoms with Gasteiger partial charge in [-0.25, -0.2) is 0 Å². The van der Waals surface area contributed by atoms with Gasteiger partial charge >= 0.3 is 0 Å². The Labute approximate surface area is 174 Å². The SMILES string of the molecule is c1ccc(Nc2ccccc2-c2ccc3c(c2)oc2cc4ccccc4cc23)cc1. The molecule has 1 N–H and O–H groups in total. The maximum absolute atomic E-state index is 6.26. The molecule has 1 aromatic heterocycles. The fourth-order valence-electron chi connectivity index (χ4n) is 4.15. The summed E-state index contributed by atoms with van der Waals surface area (Å²) in [6, 6.07) is 37.9. The van der Waals surface area contributed by atoms with E-state index in [0.717, 1.165) is 44.4 Å². The van der Waals surface area contributed by atoms with E-state index in [-0.39, 0.29) is 0 Å². The van der Waals surface area contributed by atoms with Gasteiger partial charge in [0, 0.05) is 27.7 Å². The largest absolute Gasteiger partial charge is 0.456 e. The Kier molecular flexibility index (Phi) is 3.82. The summed E-state index contributed by atoms with van der Waals surface area (Å²) in [5, 5.41) is 8.27. The molecular weight excluding hydrogens is 366 g/mol. The zero-order valence-electron chi connectivity index (χ0n) is 16.3. The molecule has 0 unspecified atom stereocenters. The van der Waals surface area contributed by atoms with Crippen molar-refractivity contribution in [3.8, 4) is 11.1 Å². The number of fused-ring (bicyclic) bond motifs is 4. The van der Waals surface area contributed by atoms with Crippen molar-refractivity contribution in [1.29, 1.82) is 0 Å². The third kappa shape index (κ3) is 2.82. The van der Waals surface area contributed by atoms with E-state index in [1.807, 2.05) is 18.2 Å². The van der Waals surface area contributed by atoms with Crippen molar-refractivity contribution in [3.63, 3.8) is 0 Å². The van der Waals surface area contributed by atoms with E-state index < -0.39 is 0 Å². The van der Waals surface area contributed by atoms with Gasteiger partial charge in [0.05, 0.1) is 0 Å². The van der Waals surface area contributed by atoms with Crippen LogP contribution in [0.4, 0.5) is 11.4 Å². The van der Waals surface area contributed by atoms with E-state index in [2.05, 4.69) is 96.3 Å². The Hall–Kier alpha value is -4.04. The summed E-state index contributed by atoms with van der Waals surface area (Å²) < 4.78 is 6.26. The smallest absolute Gasteiger partial charge is 0.136 e. The summed E-state index contributed by atoms with van der Waals surface area (Å²) in [7, 11) is 0. The van der Waals surface area contributed by atoms with E-state index in [1.165, 1.54) is 10.8 Å². The number of rotatable bonds is 3. The third-order valence-electron chi connectivity index (χ3n) is 5.63. The molecule has 0 atom stereocenters. The van der Waals surface area contributed by atoms with Crippen molar-refractivity contribution < 1.29 is 4.42 Å². The number of furan rings is 1. The zero-order chi connectivity index (χ0) is 19.9. The van der Waals surface area contributed by atoms with Crippen molar-refractivity contribution in [1.82, 2.24) is 0 Å². The molecule has 0 bridgehead atoms. The van der Waals surface area contributed by atoms with Gasteiger partial charge in [-0.3, -0.25) is 0 Å². The highest BCUT2D eigenvalue weighted by Crippen LogP contribution is 2.36. The molecule has 0 aliphatic rings. The average molecular weight is 385 g/mol. The Bertz CT molecular complexity index is 1510. The Morgan fingerprint density at radius 1 is 0.533 bits per heavy atom. The van der Waals surface area contributed by atoms with Gasteiger partial charge in [-0.05, 0) is 58.8 Å². The number of hydrogen-bond donors (Lipinski definition) is 1. The van der Waals surface area contributed by atoms with Crippen LogP contribution in [-0.2, 0) is 0 Å². The van der Waals surface area contributed by atoms with E-state index in [4.69, 9.17) is 4.42 Å². The molecule has 0 radical (unpaired) electrons. The van der Waals surface area contributed by atoms with Crippen molar-refractivity contribution in [2.24, 2.45) is 0 Å². The molecule has 1 heterocycles. The van der Waals surface area contributed by atoms with Gasteiger partial charge in [-0.2, -0.15) is 0 Å². The first-order chi connectivity index (χ1) is 14.8. The van der Waals surface area contributed by atoms with Crippen LogP contribution in [0.5, 0.6) is 0 Å². The van der Waals surface area contributed by atoms with Crippen LogP contribution in [-0.4, -0.2) is 0 Å². The molecule has 0 spiro atoms. The topological polar surface area (TPSA) is 25.2 Å². The van der Waals surface area contributed by atoms with Crippen LogP contribution in [0.1, 0.15) is 0 Å². The molecular formula is C28H19NO. The summed E-state index contributed by atoms with van der Waals surface area (Å²) in [5.41, 5.74) is 6.26. The van der Waals surface area contributed by atoms with E-state index >= 15 is 0 Å². The molecule has 0 fully saturated rings. The molecule has 30 heavy (non-hydrogen) atoms. The Morgan fingerprint density at radius 2 is 1.23 bits per heavy atom. The van der Waals surface area contributed by atoms with Gasteiger partial charge < -0.3 is 9.73 Å². The fraction of sp³-hybridized carbons (Fsp3) is 0. The second-order valence-electron chi connectivity index (χ2n) is 7.55. The minimum atomic E-state index is 0.910. The highest BCUT2D eigenvalue weighted by Gasteiger charge is 2.11. The normalized spacial score (nSPS) is 11.3. The first-order valence-corrected chi connectivity index (χ1v) is 10.1. The van der Waals surface area contributed by atoms with E-state index in [9.17, 15) is 0 Å². The number of benzene rings is 5. The molecule has 6 aromatic rings. The maximum Gasteiger partial charge on any atom is 0.136 e. The van der Waals surface area contributed by atoms with Crippen LogP contribution in [0.2, 0.25) is 0 Å². The second kappa shape index (κ2) is 6.78. The molecule has 2 heteroatoms. The fourth-order valence-corrected chi connectivity index (χ4v) is 4.15. The van der Waals surface area contributed by atoms with Crippen LogP contribution in [0.15, 0.2) is 114 Å². The highest BCUT2D eigenvalue weighted by molar-refractivity contribution is 6.10. The maximum atomic E-state index is 6.26. The second-order valence-corrected chi connectivity index (χ2v) is 7.55. The van der Waals surface area contributed by atoms with Crippen LogP contribution < -0.4 is 5.32 Å². The minimum Gasteiger partial charge on any atom is -0.456 e. The van der Waals surface area contributed by atoms with Crippen LogP contribution in [0.3, 0.4) is 0 Å². The first-order valence-electron chi connectivity index (χ1n) is 10.1. The highest BCUT2D eigenvalue weighted by atomic mass is 16.3. The average Bonchev–Trinajstić information content (AvgIpc) is 3.15. The lowest BCUT2D eigenvalue weighted by Crippen LogP contribution is -1.92. The lowest BCUT2D eigenvalue weighted by molar-refractivity contribution is 0.669. The lowest BCUT2D eigenvalue weighted by Gasteiger charge is -2.12. The molecule has 0 saturated heterocycles. The third-order valence-corrected chi connectivity index (χ3v) is 5.63.